The summed E-state index contributed by atoms with van der Waals surface area (Å²) in [5, 5.41) is 2.24. The molecular weight excluding hydrogens is 444 g/mol. The molecule has 4 aromatic rings. The van der Waals surface area contributed by atoms with Crippen molar-refractivity contribution in [2.45, 2.75) is 46.7 Å². The molecule has 0 radical (unpaired) electrons. The number of para-hydroxylation sites is 1. The molecule has 4 heterocycles. The zero-order valence-electron chi connectivity index (χ0n) is 22.4. The van der Waals surface area contributed by atoms with E-state index in [1.807, 2.05) is 32.2 Å². The Morgan fingerprint density at radius 1 is 1.17 bits per heavy atom. The van der Waals surface area contributed by atoms with Crippen molar-refractivity contribution in [3.05, 3.63) is 79.2 Å². The van der Waals surface area contributed by atoms with Crippen LogP contribution in [0.4, 0.5) is 0 Å². The van der Waals surface area contributed by atoms with Crippen LogP contribution in [-0.4, -0.2) is 62.0 Å². The molecule has 6 heteroatoms. The number of likely N-dealkylation sites (N-methyl/N-ethyl adjacent to an activating group) is 1. The van der Waals surface area contributed by atoms with E-state index in [-0.39, 0.29) is 0 Å². The Labute approximate surface area is 215 Å². The summed E-state index contributed by atoms with van der Waals surface area (Å²) in [6, 6.07) is 11.3. The van der Waals surface area contributed by atoms with Gasteiger partial charge in [0.15, 0.2) is 0 Å². The molecule has 36 heavy (non-hydrogen) atoms. The minimum absolute atomic E-state index is 0.349. The van der Waals surface area contributed by atoms with Gasteiger partial charge in [-0.1, -0.05) is 44.7 Å². The van der Waals surface area contributed by atoms with Crippen molar-refractivity contribution in [2.75, 3.05) is 26.7 Å². The third kappa shape index (κ3) is 5.05. The van der Waals surface area contributed by atoms with Crippen molar-refractivity contribution in [3.63, 3.8) is 0 Å². The Morgan fingerprint density at radius 2 is 1.92 bits per heavy atom. The van der Waals surface area contributed by atoms with Gasteiger partial charge in [-0.15, -0.1) is 0 Å². The van der Waals surface area contributed by atoms with Crippen LogP contribution in [0.3, 0.4) is 0 Å². The third-order valence-electron chi connectivity index (χ3n) is 6.95. The number of hydrogen-bond acceptors (Lipinski definition) is 5. The normalized spacial score (nSPS) is 14.1. The highest BCUT2D eigenvalue weighted by molar-refractivity contribution is 5.97. The van der Waals surface area contributed by atoms with E-state index in [9.17, 15) is 0 Å². The predicted octanol–water partition coefficient (Wildman–Crippen LogP) is 6.25. The number of aromatic nitrogens is 4. The van der Waals surface area contributed by atoms with Crippen LogP contribution in [0.25, 0.3) is 33.1 Å². The highest BCUT2D eigenvalue weighted by atomic mass is 15.3. The number of likely N-dealkylation sites (tertiary alicyclic amines) is 1. The van der Waals surface area contributed by atoms with Gasteiger partial charge >= 0.3 is 0 Å². The standard InChI is InChI=1S/C28H32N6.C2H6/c1-19(2)32(5)12-8-9-20(3)33-15-24(16-33)34-17-25(27-21(4)30-18-31-28(27)34)23-13-22-10-6-7-11-26(22)29-14-23;1-2/h6-11,13-14,17-19,24H,3,12,15-16H2,1-2,4-5H3;1-2H3/b9-8+;. The maximum atomic E-state index is 4.69. The van der Waals surface area contributed by atoms with E-state index in [4.69, 9.17) is 0 Å². The largest absolute Gasteiger partial charge is 0.368 e. The Bertz CT molecular complexity index is 1380. The maximum Gasteiger partial charge on any atom is 0.144 e. The Balaban J connectivity index is 0.00000148. The first kappa shape index (κ1) is 25.6. The van der Waals surface area contributed by atoms with Gasteiger partial charge in [0.25, 0.3) is 0 Å². The van der Waals surface area contributed by atoms with E-state index < -0.39 is 0 Å². The molecule has 0 saturated carbocycles. The van der Waals surface area contributed by atoms with Gasteiger partial charge in [-0.25, -0.2) is 9.97 Å². The summed E-state index contributed by atoms with van der Waals surface area (Å²) < 4.78 is 2.31. The summed E-state index contributed by atoms with van der Waals surface area (Å²) in [4.78, 5) is 18.5. The van der Waals surface area contributed by atoms with Crippen molar-refractivity contribution >= 4 is 21.9 Å². The van der Waals surface area contributed by atoms with Gasteiger partial charge in [0.2, 0.25) is 0 Å². The molecule has 6 nitrogen and oxygen atoms in total. The summed E-state index contributed by atoms with van der Waals surface area (Å²) in [7, 11) is 2.14. The van der Waals surface area contributed by atoms with E-state index in [1.54, 1.807) is 6.33 Å². The fourth-order valence-electron chi connectivity index (χ4n) is 4.49. The minimum atomic E-state index is 0.349. The summed E-state index contributed by atoms with van der Waals surface area (Å²) in [6.07, 6.45) is 10.2. The van der Waals surface area contributed by atoms with Gasteiger partial charge in [-0.3, -0.25) is 4.98 Å². The second-order valence-electron chi connectivity index (χ2n) is 9.51. The number of nitrogens with zero attached hydrogens (tertiary/aromatic N) is 6. The fourth-order valence-corrected chi connectivity index (χ4v) is 4.49. The van der Waals surface area contributed by atoms with E-state index >= 15 is 0 Å². The van der Waals surface area contributed by atoms with Gasteiger partial charge in [0, 0.05) is 65.7 Å². The highest BCUT2D eigenvalue weighted by Gasteiger charge is 2.30. The molecule has 0 spiro atoms. The Kier molecular flexibility index (Phi) is 7.85. The number of benzene rings is 1. The lowest BCUT2D eigenvalue weighted by atomic mass is 10.0. The molecule has 0 amide bonds. The molecule has 5 rings (SSSR count). The molecule has 1 saturated heterocycles. The van der Waals surface area contributed by atoms with Crippen LogP contribution in [0.5, 0.6) is 0 Å². The molecule has 0 aliphatic carbocycles. The van der Waals surface area contributed by atoms with E-state index in [0.29, 0.717) is 12.1 Å². The fraction of sp³-hybridized carbons (Fsp3) is 0.367. The van der Waals surface area contributed by atoms with Crippen LogP contribution < -0.4 is 0 Å². The second-order valence-corrected chi connectivity index (χ2v) is 9.51. The topological polar surface area (TPSA) is 50.1 Å². The monoisotopic (exact) mass is 482 g/mol. The number of pyridine rings is 1. The molecular formula is C30H38N6. The van der Waals surface area contributed by atoms with Crippen molar-refractivity contribution in [3.8, 4) is 11.1 Å². The summed E-state index contributed by atoms with van der Waals surface area (Å²) in [6.45, 7) is 17.5. The van der Waals surface area contributed by atoms with Gasteiger partial charge in [0.1, 0.15) is 12.0 Å². The predicted molar refractivity (Wildman–Crippen MR) is 151 cm³/mol. The maximum absolute atomic E-state index is 4.69. The van der Waals surface area contributed by atoms with Crippen LogP contribution in [-0.2, 0) is 0 Å². The quantitative estimate of drug-likeness (QED) is 0.292. The van der Waals surface area contributed by atoms with Gasteiger partial charge in [-0.2, -0.15) is 0 Å². The van der Waals surface area contributed by atoms with Crippen molar-refractivity contribution < 1.29 is 0 Å². The van der Waals surface area contributed by atoms with E-state index in [1.165, 1.54) is 0 Å². The molecule has 0 unspecified atom stereocenters. The average molecular weight is 483 g/mol. The van der Waals surface area contributed by atoms with Gasteiger partial charge in [-0.05, 0) is 46.0 Å². The van der Waals surface area contributed by atoms with Crippen molar-refractivity contribution in [2.24, 2.45) is 0 Å². The Hall–Kier alpha value is -3.51. The minimum Gasteiger partial charge on any atom is -0.368 e. The molecule has 1 fully saturated rings. The lowest BCUT2D eigenvalue weighted by Gasteiger charge is -2.42. The smallest absolute Gasteiger partial charge is 0.144 e. The lowest BCUT2D eigenvalue weighted by Crippen LogP contribution is -2.46. The van der Waals surface area contributed by atoms with Crippen molar-refractivity contribution in [1.29, 1.82) is 0 Å². The zero-order valence-corrected chi connectivity index (χ0v) is 22.4. The van der Waals surface area contributed by atoms with Gasteiger partial charge < -0.3 is 14.4 Å². The zero-order chi connectivity index (χ0) is 25.8. The van der Waals surface area contributed by atoms with Crippen LogP contribution in [0.15, 0.2) is 73.5 Å². The molecule has 0 atom stereocenters. The SMILES string of the molecule is C=C(/C=C/CN(C)C(C)C)N1CC(n2cc(-c3cnc4ccccc4c3)c3c(C)ncnc32)C1.CC. The number of rotatable bonds is 7. The molecule has 1 aromatic carbocycles. The molecule has 0 N–H and O–H groups in total. The number of aryl methyl sites for hydroxylation is 1. The first-order valence-corrected chi connectivity index (χ1v) is 12.9. The van der Waals surface area contributed by atoms with E-state index in [0.717, 1.165) is 64.1 Å². The highest BCUT2D eigenvalue weighted by Crippen LogP contribution is 2.36. The lowest BCUT2D eigenvalue weighted by molar-refractivity contribution is 0.158. The molecule has 0 bridgehead atoms. The molecule has 1 aliphatic rings. The Morgan fingerprint density at radius 3 is 2.67 bits per heavy atom. The molecule has 188 valence electrons. The van der Waals surface area contributed by atoms with Crippen LogP contribution in [0.2, 0.25) is 0 Å². The van der Waals surface area contributed by atoms with Crippen molar-refractivity contribution in [1.82, 2.24) is 29.3 Å². The number of allylic oxidation sites excluding steroid dienone is 1. The second kappa shape index (κ2) is 11.0. The first-order valence-electron chi connectivity index (χ1n) is 12.9. The number of fused-ring (bicyclic) bond motifs is 2. The van der Waals surface area contributed by atoms with E-state index in [2.05, 4.69) is 100 Å². The van der Waals surface area contributed by atoms with Crippen LogP contribution in [0.1, 0.15) is 39.4 Å². The summed E-state index contributed by atoms with van der Waals surface area (Å²) in [5.41, 5.74) is 6.28. The van der Waals surface area contributed by atoms with Crippen LogP contribution >= 0.6 is 0 Å². The average Bonchev–Trinajstić information content (AvgIpc) is 3.24. The molecule has 3 aromatic heterocycles. The number of hydrogen-bond donors (Lipinski definition) is 0. The van der Waals surface area contributed by atoms with Gasteiger partial charge in [0.05, 0.1) is 17.3 Å². The summed E-state index contributed by atoms with van der Waals surface area (Å²) >= 11 is 0. The van der Waals surface area contributed by atoms with Crippen LogP contribution in [0, 0.1) is 6.92 Å². The third-order valence-corrected chi connectivity index (χ3v) is 6.95. The molecule has 1 aliphatic heterocycles. The first-order chi connectivity index (χ1) is 17.4. The summed E-state index contributed by atoms with van der Waals surface area (Å²) in [5.74, 6) is 0.